The van der Waals surface area contributed by atoms with E-state index in [9.17, 15) is 0 Å². The number of hydrogen-bond acceptors (Lipinski definition) is 2. The van der Waals surface area contributed by atoms with Gasteiger partial charge in [-0.15, -0.1) is 0 Å². The molecule has 0 unspecified atom stereocenters. The molecule has 0 aromatic heterocycles. The Kier molecular flexibility index (Phi) is 6.00. The van der Waals surface area contributed by atoms with Crippen LogP contribution in [-0.2, 0) is 9.47 Å². The number of ether oxygens (including phenoxy) is 2. The van der Waals surface area contributed by atoms with Crippen molar-refractivity contribution in [3.63, 3.8) is 0 Å². The van der Waals surface area contributed by atoms with Gasteiger partial charge in [-0.1, -0.05) is 12.2 Å². The van der Waals surface area contributed by atoms with Crippen LogP contribution in [0, 0.1) is 0 Å². The molecule has 0 aromatic rings. The topological polar surface area (TPSA) is 18.5 Å². The summed E-state index contributed by atoms with van der Waals surface area (Å²) in [6.45, 7) is 11.5. The van der Waals surface area contributed by atoms with Crippen molar-refractivity contribution in [2.45, 2.75) is 46.3 Å². The van der Waals surface area contributed by atoms with E-state index in [4.69, 9.17) is 9.47 Å². The molecule has 0 amide bonds. The lowest BCUT2D eigenvalue weighted by Gasteiger charge is -2.17. The van der Waals surface area contributed by atoms with E-state index in [2.05, 4.69) is 0 Å². The molecule has 78 valence electrons. The highest BCUT2D eigenvalue weighted by atomic mass is 16.5. The van der Waals surface area contributed by atoms with Crippen molar-refractivity contribution in [1.29, 1.82) is 0 Å². The van der Waals surface area contributed by atoms with Gasteiger partial charge < -0.3 is 9.47 Å². The summed E-state index contributed by atoms with van der Waals surface area (Å²) in [4.78, 5) is 0. The third kappa shape index (κ3) is 11.7. The van der Waals surface area contributed by atoms with E-state index in [1.54, 1.807) is 0 Å². The molecule has 0 bridgehead atoms. The first kappa shape index (κ1) is 12.7. The highest BCUT2D eigenvalue weighted by molar-refractivity contribution is 4.82. The van der Waals surface area contributed by atoms with Gasteiger partial charge in [0.1, 0.15) is 0 Å². The molecule has 13 heavy (non-hydrogen) atoms. The lowest BCUT2D eigenvalue weighted by atomic mass is 10.2. The second-order valence-electron chi connectivity index (χ2n) is 4.28. The first-order chi connectivity index (χ1) is 5.92. The van der Waals surface area contributed by atoms with Gasteiger partial charge in [0.2, 0.25) is 0 Å². The zero-order chi connectivity index (χ0) is 10.3. The maximum atomic E-state index is 5.49. The maximum Gasteiger partial charge on any atom is 0.0655 e. The van der Waals surface area contributed by atoms with Gasteiger partial charge in [0.15, 0.2) is 0 Å². The van der Waals surface area contributed by atoms with Crippen molar-refractivity contribution < 1.29 is 9.47 Å². The largest absolute Gasteiger partial charge is 0.375 e. The van der Waals surface area contributed by atoms with E-state index < -0.39 is 0 Å². The molecule has 0 aromatic carbocycles. The van der Waals surface area contributed by atoms with Gasteiger partial charge in [-0.25, -0.2) is 0 Å². The van der Waals surface area contributed by atoms with E-state index >= 15 is 0 Å². The molecule has 0 fully saturated rings. The second kappa shape index (κ2) is 6.17. The second-order valence-corrected chi connectivity index (χ2v) is 4.28. The Morgan fingerprint density at radius 1 is 1.08 bits per heavy atom. The molecule has 2 heteroatoms. The lowest BCUT2D eigenvalue weighted by molar-refractivity contribution is 0.0145. The first-order valence-corrected chi connectivity index (χ1v) is 4.82. The van der Waals surface area contributed by atoms with Crippen molar-refractivity contribution >= 4 is 0 Å². The molecular formula is C11H22O2. The summed E-state index contributed by atoms with van der Waals surface area (Å²) in [6, 6.07) is 0. The Bertz CT molecular complexity index is 143. The number of hydrogen-bond donors (Lipinski definition) is 0. The predicted octanol–water partition coefficient (Wildman–Crippen LogP) is 2.78. The molecule has 0 aliphatic carbocycles. The zero-order valence-corrected chi connectivity index (χ0v) is 9.46. The highest BCUT2D eigenvalue weighted by Crippen LogP contribution is 2.05. The van der Waals surface area contributed by atoms with Crippen LogP contribution in [0.3, 0.4) is 0 Å². The van der Waals surface area contributed by atoms with Crippen LogP contribution in [0.25, 0.3) is 0 Å². The molecular weight excluding hydrogens is 164 g/mol. The summed E-state index contributed by atoms with van der Waals surface area (Å²) in [6.07, 6.45) is 4.28. The molecule has 0 aliphatic rings. The minimum atomic E-state index is -0.0523. The summed E-state index contributed by atoms with van der Waals surface area (Å²) in [7, 11) is 0. The van der Waals surface area contributed by atoms with E-state index in [1.165, 1.54) is 0 Å². The fourth-order valence-corrected chi connectivity index (χ4v) is 0.682. The maximum absolute atomic E-state index is 5.49. The number of rotatable bonds is 5. The van der Waals surface area contributed by atoms with E-state index in [1.807, 2.05) is 46.8 Å². The Morgan fingerprint density at radius 2 is 1.62 bits per heavy atom. The standard InChI is InChI=1S/C11H22O2/c1-10(2)12-8-6-7-9-13-11(3,4)5/h6-7,10H,8-9H2,1-5H3. The monoisotopic (exact) mass is 186 g/mol. The molecule has 0 N–H and O–H groups in total. The Hall–Kier alpha value is -0.340. The molecule has 0 heterocycles. The average Bonchev–Trinajstić information content (AvgIpc) is 1.93. The molecule has 0 rings (SSSR count). The molecule has 0 spiro atoms. The molecule has 0 saturated carbocycles. The van der Waals surface area contributed by atoms with Gasteiger partial charge in [0.05, 0.1) is 24.9 Å². The van der Waals surface area contributed by atoms with E-state index in [0.717, 1.165) is 0 Å². The van der Waals surface area contributed by atoms with Crippen LogP contribution in [0.15, 0.2) is 12.2 Å². The van der Waals surface area contributed by atoms with Crippen molar-refractivity contribution in [2.75, 3.05) is 13.2 Å². The van der Waals surface area contributed by atoms with Gasteiger partial charge in [-0.2, -0.15) is 0 Å². The molecule has 0 saturated heterocycles. The molecule has 2 nitrogen and oxygen atoms in total. The van der Waals surface area contributed by atoms with Crippen LogP contribution in [0.4, 0.5) is 0 Å². The van der Waals surface area contributed by atoms with Crippen molar-refractivity contribution in [2.24, 2.45) is 0 Å². The van der Waals surface area contributed by atoms with Crippen LogP contribution in [0.1, 0.15) is 34.6 Å². The fourth-order valence-electron chi connectivity index (χ4n) is 0.682. The van der Waals surface area contributed by atoms with E-state index in [0.29, 0.717) is 19.3 Å². The average molecular weight is 186 g/mol. The zero-order valence-electron chi connectivity index (χ0n) is 9.46. The normalized spacial score (nSPS) is 13.1. The molecule has 0 radical (unpaired) electrons. The van der Waals surface area contributed by atoms with Gasteiger partial charge in [0.25, 0.3) is 0 Å². The van der Waals surface area contributed by atoms with Crippen LogP contribution in [-0.4, -0.2) is 24.9 Å². The van der Waals surface area contributed by atoms with Gasteiger partial charge in [-0.3, -0.25) is 0 Å². The Balaban J connectivity index is 3.32. The lowest BCUT2D eigenvalue weighted by Crippen LogP contribution is -2.18. The minimum absolute atomic E-state index is 0.0523. The quantitative estimate of drug-likeness (QED) is 0.615. The fraction of sp³-hybridized carbons (Fsp3) is 0.818. The SMILES string of the molecule is CC(C)OCC=CCOC(C)(C)C. The van der Waals surface area contributed by atoms with Crippen molar-refractivity contribution in [1.82, 2.24) is 0 Å². The third-order valence-corrected chi connectivity index (χ3v) is 1.31. The summed E-state index contributed by atoms with van der Waals surface area (Å²) >= 11 is 0. The van der Waals surface area contributed by atoms with Crippen LogP contribution in [0.5, 0.6) is 0 Å². The van der Waals surface area contributed by atoms with E-state index in [-0.39, 0.29) is 5.60 Å². The highest BCUT2D eigenvalue weighted by Gasteiger charge is 2.07. The van der Waals surface area contributed by atoms with Gasteiger partial charge in [-0.05, 0) is 34.6 Å². The van der Waals surface area contributed by atoms with Crippen molar-refractivity contribution in [3.8, 4) is 0 Å². The molecule has 0 atom stereocenters. The van der Waals surface area contributed by atoms with Crippen LogP contribution < -0.4 is 0 Å². The van der Waals surface area contributed by atoms with Gasteiger partial charge >= 0.3 is 0 Å². The van der Waals surface area contributed by atoms with Crippen molar-refractivity contribution in [3.05, 3.63) is 12.2 Å². The van der Waals surface area contributed by atoms with Crippen LogP contribution in [0.2, 0.25) is 0 Å². The molecule has 0 aliphatic heterocycles. The predicted molar refractivity (Wildman–Crippen MR) is 55.9 cm³/mol. The smallest absolute Gasteiger partial charge is 0.0655 e. The Morgan fingerprint density at radius 3 is 2.08 bits per heavy atom. The summed E-state index contributed by atoms with van der Waals surface area (Å²) in [5, 5.41) is 0. The van der Waals surface area contributed by atoms with Gasteiger partial charge in [0, 0.05) is 0 Å². The minimum Gasteiger partial charge on any atom is -0.375 e. The summed E-state index contributed by atoms with van der Waals surface area (Å²) < 4.78 is 10.8. The first-order valence-electron chi connectivity index (χ1n) is 4.82. The summed E-state index contributed by atoms with van der Waals surface area (Å²) in [5.41, 5.74) is -0.0523. The summed E-state index contributed by atoms with van der Waals surface area (Å²) in [5.74, 6) is 0. The Labute approximate surface area is 81.9 Å². The van der Waals surface area contributed by atoms with Crippen LogP contribution >= 0.6 is 0 Å². The third-order valence-electron chi connectivity index (χ3n) is 1.31.